The van der Waals surface area contributed by atoms with E-state index in [1.165, 1.54) is 22.4 Å². The van der Waals surface area contributed by atoms with Gasteiger partial charge in [-0.05, 0) is 74.2 Å². The van der Waals surface area contributed by atoms with E-state index in [1.54, 1.807) is 0 Å². The van der Waals surface area contributed by atoms with Crippen LogP contribution in [0.5, 0.6) is 5.75 Å². The summed E-state index contributed by atoms with van der Waals surface area (Å²) in [6.07, 6.45) is 5.95. The van der Waals surface area contributed by atoms with E-state index < -0.39 is 0 Å². The van der Waals surface area contributed by atoms with Crippen molar-refractivity contribution in [1.29, 1.82) is 0 Å². The molecule has 1 amide bonds. The minimum atomic E-state index is -0.0602. The van der Waals surface area contributed by atoms with Crippen LogP contribution in [0.25, 0.3) is 22.5 Å². The fourth-order valence-electron chi connectivity index (χ4n) is 7.50. The molecule has 39 heavy (non-hydrogen) atoms. The Morgan fingerprint density at radius 3 is 2.64 bits per heavy atom. The molecule has 5 aliphatic rings. The number of rotatable bonds is 5. The molecular weight excluding hydrogens is 490 g/mol. The number of aromatic amines is 1. The normalized spacial score (nSPS) is 22.5. The van der Waals surface area contributed by atoms with E-state index in [9.17, 15) is 4.79 Å². The lowest BCUT2D eigenvalue weighted by Gasteiger charge is -2.55. The average molecular weight is 526 g/mol. The number of nitrogens with zero attached hydrogens (tertiary/aromatic N) is 3. The standard InChI is InChI=1S/C31H35N5O3/c1-35-18-30(19-35)28-26(29(37)34-31(30)8-9-31)23-7-4-21-17-32-25(16-24(21)27(23)33-28)20-2-5-22(6-3-20)39-15-12-36-10-13-38-14-11-36/h2-3,5-6,16-17,33H,4,7-15,18-19H2,1H3,(H,34,37). The summed E-state index contributed by atoms with van der Waals surface area (Å²) in [6.45, 7) is 7.13. The topological polar surface area (TPSA) is 82.7 Å². The summed E-state index contributed by atoms with van der Waals surface area (Å²) in [6, 6.07) is 10.4. The predicted molar refractivity (Wildman–Crippen MR) is 148 cm³/mol. The average Bonchev–Trinajstić information content (AvgIpc) is 3.60. The van der Waals surface area contributed by atoms with Crippen molar-refractivity contribution in [2.75, 3.05) is 59.6 Å². The number of carbonyl (C=O) groups is 1. The number of amides is 1. The minimum Gasteiger partial charge on any atom is -0.492 e. The van der Waals surface area contributed by atoms with E-state index >= 15 is 0 Å². The molecule has 0 bridgehead atoms. The number of H-pyrrole nitrogens is 1. The first-order valence-corrected chi connectivity index (χ1v) is 14.3. The summed E-state index contributed by atoms with van der Waals surface area (Å²) in [5.74, 6) is 0.988. The van der Waals surface area contributed by atoms with Gasteiger partial charge in [0.1, 0.15) is 12.4 Å². The number of pyridine rings is 1. The first-order chi connectivity index (χ1) is 19.1. The molecule has 2 saturated heterocycles. The smallest absolute Gasteiger partial charge is 0.253 e. The second kappa shape index (κ2) is 8.65. The van der Waals surface area contributed by atoms with Gasteiger partial charge in [-0.25, -0.2) is 0 Å². The molecule has 3 fully saturated rings. The van der Waals surface area contributed by atoms with Crippen molar-refractivity contribution >= 4 is 5.91 Å². The molecule has 0 unspecified atom stereocenters. The van der Waals surface area contributed by atoms with Crippen LogP contribution in [0.2, 0.25) is 0 Å². The molecule has 2 aliphatic carbocycles. The van der Waals surface area contributed by atoms with E-state index in [0.29, 0.717) is 6.61 Å². The Morgan fingerprint density at radius 1 is 1.10 bits per heavy atom. The third-order valence-corrected chi connectivity index (χ3v) is 9.74. The number of likely N-dealkylation sites (tertiary alicyclic amines) is 1. The van der Waals surface area contributed by atoms with Gasteiger partial charge < -0.3 is 24.7 Å². The largest absolute Gasteiger partial charge is 0.492 e. The summed E-state index contributed by atoms with van der Waals surface area (Å²) < 4.78 is 11.4. The van der Waals surface area contributed by atoms with Crippen LogP contribution in [0, 0.1) is 0 Å². The van der Waals surface area contributed by atoms with Crippen molar-refractivity contribution in [1.82, 2.24) is 25.1 Å². The molecule has 2 aromatic heterocycles. The van der Waals surface area contributed by atoms with Gasteiger partial charge in [-0.3, -0.25) is 14.7 Å². The Kier molecular flexibility index (Phi) is 5.25. The first kappa shape index (κ1) is 23.7. The van der Waals surface area contributed by atoms with Gasteiger partial charge in [0, 0.05) is 55.7 Å². The highest BCUT2D eigenvalue weighted by Gasteiger charge is 2.69. The van der Waals surface area contributed by atoms with Gasteiger partial charge in [-0.2, -0.15) is 0 Å². The third kappa shape index (κ3) is 3.61. The number of likely N-dealkylation sites (N-methyl/N-ethyl adjacent to an activating group) is 1. The summed E-state index contributed by atoms with van der Waals surface area (Å²) in [7, 11) is 2.17. The second-order valence-electron chi connectivity index (χ2n) is 12.1. The highest BCUT2D eigenvalue weighted by Crippen LogP contribution is 2.59. The predicted octanol–water partition coefficient (Wildman–Crippen LogP) is 3.01. The zero-order chi connectivity index (χ0) is 26.2. The van der Waals surface area contributed by atoms with Crippen molar-refractivity contribution in [3.05, 3.63) is 58.9 Å². The number of morpholine rings is 1. The zero-order valence-corrected chi connectivity index (χ0v) is 22.5. The number of carbonyl (C=O) groups excluding carboxylic acids is 1. The molecule has 2 spiro atoms. The fourth-order valence-corrected chi connectivity index (χ4v) is 7.50. The maximum Gasteiger partial charge on any atom is 0.253 e. The summed E-state index contributed by atoms with van der Waals surface area (Å²) in [5, 5.41) is 3.45. The van der Waals surface area contributed by atoms with Gasteiger partial charge in [0.25, 0.3) is 5.91 Å². The SMILES string of the molecule is CN1CC2(C1)c1[nH]c3c(c1C(=O)NC21CC1)CCc1cnc(-c2ccc(OCCN4CCOCC4)cc2)cc1-3. The van der Waals surface area contributed by atoms with Crippen LogP contribution in [0.1, 0.15) is 40.0 Å². The molecule has 8 heteroatoms. The Labute approximate surface area is 228 Å². The van der Waals surface area contributed by atoms with Gasteiger partial charge in [-0.1, -0.05) is 0 Å². The number of fused-ring (bicyclic) bond motifs is 7. The molecule has 1 aromatic carbocycles. The lowest BCUT2D eigenvalue weighted by molar-refractivity contribution is 0.0322. The van der Waals surface area contributed by atoms with Crippen LogP contribution in [-0.4, -0.2) is 90.8 Å². The molecule has 0 atom stereocenters. The molecule has 3 aliphatic heterocycles. The summed E-state index contributed by atoms with van der Waals surface area (Å²) in [5.41, 5.74) is 8.77. The number of ether oxygens (including phenoxy) is 2. The van der Waals surface area contributed by atoms with Crippen LogP contribution < -0.4 is 10.1 Å². The van der Waals surface area contributed by atoms with E-state index in [4.69, 9.17) is 14.5 Å². The monoisotopic (exact) mass is 525 g/mol. The number of hydrogen-bond donors (Lipinski definition) is 2. The highest BCUT2D eigenvalue weighted by molar-refractivity contribution is 6.02. The second-order valence-corrected chi connectivity index (χ2v) is 12.1. The molecule has 202 valence electrons. The van der Waals surface area contributed by atoms with Crippen molar-refractivity contribution in [3.8, 4) is 28.3 Å². The van der Waals surface area contributed by atoms with Crippen LogP contribution >= 0.6 is 0 Å². The van der Waals surface area contributed by atoms with Crippen LogP contribution in [0.3, 0.4) is 0 Å². The Bertz CT molecular complexity index is 1450. The van der Waals surface area contributed by atoms with Gasteiger partial charge in [0.15, 0.2) is 0 Å². The maximum atomic E-state index is 13.4. The van der Waals surface area contributed by atoms with E-state index in [-0.39, 0.29) is 16.9 Å². The quantitative estimate of drug-likeness (QED) is 0.533. The van der Waals surface area contributed by atoms with Crippen LogP contribution in [0.4, 0.5) is 0 Å². The van der Waals surface area contributed by atoms with Crippen LogP contribution in [-0.2, 0) is 23.0 Å². The van der Waals surface area contributed by atoms with Crippen molar-refractivity contribution in [2.45, 2.75) is 36.6 Å². The summed E-state index contributed by atoms with van der Waals surface area (Å²) in [4.78, 5) is 26.8. The van der Waals surface area contributed by atoms with Gasteiger partial charge in [-0.15, -0.1) is 0 Å². The highest BCUT2D eigenvalue weighted by atomic mass is 16.5. The number of benzene rings is 1. The number of nitrogens with one attached hydrogen (secondary N) is 2. The van der Waals surface area contributed by atoms with Crippen molar-refractivity contribution in [2.24, 2.45) is 0 Å². The van der Waals surface area contributed by atoms with Gasteiger partial charge >= 0.3 is 0 Å². The molecule has 5 heterocycles. The van der Waals surface area contributed by atoms with Crippen LogP contribution in [0.15, 0.2) is 36.5 Å². The number of aromatic nitrogens is 2. The van der Waals surface area contributed by atoms with Gasteiger partial charge in [0.2, 0.25) is 0 Å². The molecule has 8 nitrogen and oxygen atoms in total. The Balaban J connectivity index is 1.07. The molecular formula is C31H35N5O3. The zero-order valence-electron chi connectivity index (χ0n) is 22.5. The molecule has 2 N–H and O–H groups in total. The van der Waals surface area contributed by atoms with Crippen molar-refractivity contribution < 1.29 is 14.3 Å². The Morgan fingerprint density at radius 2 is 1.90 bits per heavy atom. The fraction of sp³-hybridized carbons (Fsp3) is 0.484. The lowest BCUT2D eigenvalue weighted by Crippen LogP contribution is -2.71. The van der Waals surface area contributed by atoms with Crippen molar-refractivity contribution in [3.63, 3.8) is 0 Å². The molecule has 8 rings (SSSR count). The Hall–Kier alpha value is -3.20. The first-order valence-electron chi connectivity index (χ1n) is 14.3. The van der Waals surface area contributed by atoms with E-state index in [2.05, 4.69) is 45.3 Å². The van der Waals surface area contributed by atoms with E-state index in [1.807, 2.05) is 18.3 Å². The van der Waals surface area contributed by atoms with E-state index in [0.717, 1.165) is 99.9 Å². The molecule has 3 aromatic rings. The molecule has 1 saturated carbocycles. The summed E-state index contributed by atoms with van der Waals surface area (Å²) >= 11 is 0. The molecule has 0 radical (unpaired) electrons. The van der Waals surface area contributed by atoms with Gasteiger partial charge in [0.05, 0.1) is 41.1 Å². The number of aryl methyl sites for hydroxylation is 1. The minimum absolute atomic E-state index is 0.00989. The third-order valence-electron chi connectivity index (χ3n) is 9.74. The lowest BCUT2D eigenvalue weighted by atomic mass is 9.65. The maximum absolute atomic E-state index is 13.4. The number of hydrogen-bond acceptors (Lipinski definition) is 6.